The molecule has 0 saturated carbocycles. The van der Waals surface area contributed by atoms with Crippen LogP contribution in [0, 0.1) is 0 Å². The molecular formula is C12H19N3S. The molecule has 16 heavy (non-hydrogen) atoms. The fourth-order valence-corrected chi connectivity index (χ4v) is 3.16. The molecule has 1 aromatic heterocycles. The molecule has 0 spiro atoms. The molecule has 2 rings (SSSR count). The number of thioether (sulfide) groups is 1. The van der Waals surface area contributed by atoms with Gasteiger partial charge in [-0.25, -0.2) is 0 Å². The second-order valence-electron chi connectivity index (χ2n) is 4.23. The fourth-order valence-electron chi connectivity index (χ4n) is 2.07. The molecule has 0 radical (unpaired) electrons. The molecule has 0 bridgehead atoms. The van der Waals surface area contributed by atoms with E-state index in [2.05, 4.69) is 34.6 Å². The lowest BCUT2D eigenvalue weighted by atomic mass is 10.1. The number of aromatic nitrogens is 1. The molecule has 1 aromatic rings. The van der Waals surface area contributed by atoms with Gasteiger partial charge in [-0.2, -0.15) is 11.8 Å². The first-order valence-electron chi connectivity index (χ1n) is 5.76. The monoisotopic (exact) mass is 237 g/mol. The van der Waals surface area contributed by atoms with E-state index in [0.29, 0.717) is 6.54 Å². The normalized spacial score (nSPS) is 22.2. The minimum atomic E-state index is 0.536. The van der Waals surface area contributed by atoms with E-state index in [9.17, 15) is 0 Å². The van der Waals surface area contributed by atoms with E-state index < -0.39 is 0 Å². The number of nitrogens with two attached hydrogens (primary N) is 1. The number of rotatable bonds is 3. The first-order chi connectivity index (χ1) is 7.79. The highest BCUT2D eigenvalue weighted by Crippen LogP contribution is 2.20. The van der Waals surface area contributed by atoms with Crippen LogP contribution in [0.4, 0.5) is 0 Å². The molecule has 1 fully saturated rings. The zero-order valence-electron chi connectivity index (χ0n) is 9.72. The molecule has 88 valence electrons. The predicted octanol–water partition coefficient (Wildman–Crippen LogP) is 1.48. The van der Waals surface area contributed by atoms with Crippen molar-refractivity contribution in [2.24, 2.45) is 5.73 Å². The number of pyridine rings is 1. The Morgan fingerprint density at radius 1 is 1.62 bits per heavy atom. The van der Waals surface area contributed by atoms with E-state index in [0.717, 1.165) is 17.5 Å². The van der Waals surface area contributed by atoms with Gasteiger partial charge in [0.2, 0.25) is 0 Å². The van der Waals surface area contributed by atoms with Crippen LogP contribution in [0.15, 0.2) is 18.3 Å². The van der Waals surface area contributed by atoms with Crippen molar-refractivity contribution in [2.45, 2.75) is 25.3 Å². The lowest BCUT2D eigenvalue weighted by Crippen LogP contribution is -2.36. The van der Waals surface area contributed by atoms with Crippen molar-refractivity contribution >= 4 is 11.8 Å². The molecule has 0 aromatic carbocycles. The van der Waals surface area contributed by atoms with Crippen LogP contribution >= 0.6 is 11.8 Å². The van der Waals surface area contributed by atoms with Gasteiger partial charge in [0, 0.05) is 43.4 Å². The van der Waals surface area contributed by atoms with Crippen molar-refractivity contribution in [1.29, 1.82) is 0 Å². The molecular weight excluding hydrogens is 218 g/mol. The lowest BCUT2D eigenvalue weighted by molar-refractivity contribution is 0.277. The second-order valence-corrected chi connectivity index (χ2v) is 5.78. The van der Waals surface area contributed by atoms with E-state index in [4.69, 9.17) is 5.73 Å². The molecule has 2 heterocycles. The summed E-state index contributed by atoms with van der Waals surface area (Å²) in [6, 6.07) is 4.14. The molecule has 1 atom stereocenters. The standard InChI is InChI=1S/C12H19N3S/c1-10-8-15(5-6-16-10)9-11-3-2-4-14-12(11)7-13/h2-4,10H,5-9,13H2,1H3. The summed E-state index contributed by atoms with van der Waals surface area (Å²) in [4.78, 5) is 6.82. The van der Waals surface area contributed by atoms with Crippen LogP contribution < -0.4 is 5.73 Å². The van der Waals surface area contributed by atoms with Crippen molar-refractivity contribution in [1.82, 2.24) is 9.88 Å². The average Bonchev–Trinajstić information content (AvgIpc) is 2.30. The Kier molecular flexibility index (Phi) is 4.21. The zero-order valence-corrected chi connectivity index (χ0v) is 10.5. The highest BCUT2D eigenvalue weighted by atomic mass is 32.2. The van der Waals surface area contributed by atoms with Crippen molar-refractivity contribution in [2.75, 3.05) is 18.8 Å². The maximum Gasteiger partial charge on any atom is 0.0584 e. The summed E-state index contributed by atoms with van der Waals surface area (Å²) in [6.45, 7) is 6.17. The molecule has 0 aliphatic carbocycles. The Bertz CT molecular complexity index is 343. The second kappa shape index (κ2) is 5.66. The topological polar surface area (TPSA) is 42.2 Å². The summed E-state index contributed by atoms with van der Waals surface area (Å²) in [6.07, 6.45) is 1.82. The molecule has 3 nitrogen and oxygen atoms in total. The van der Waals surface area contributed by atoms with Crippen LogP contribution in [-0.2, 0) is 13.1 Å². The van der Waals surface area contributed by atoms with Gasteiger partial charge in [0.1, 0.15) is 0 Å². The van der Waals surface area contributed by atoms with Crippen LogP contribution in [0.1, 0.15) is 18.2 Å². The van der Waals surface area contributed by atoms with E-state index in [-0.39, 0.29) is 0 Å². The van der Waals surface area contributed by atoms with Crippen LogP contribution in [0.5, 0.6) is 0 Å². The Morgan fingerprint density at radius 2 is 2.50 bits per heavy atom. The molecule has 1 saturated heterocycles. The molecule has 1 unspecified atom stereocenters. The first kappa shape index (κ1) is 11.9. The van der Waals surface area contributed by atoms with Crippen LogP contribution in [0.3, 0.4) is 0 Å². The van der Waals surface area contributed by atoms with Gasteiger partial charge < -0.3 is 5.73 Å². The maximum absolute atomic E-state index is 5.70. The Hall–Kier alpha value is -0.580. The fraction of sp³-hybridized carbons (Fsp3) is 0.583. The summed E-state index contributed by atoms with van der Waals surface area (Å²) in [5, 5.41) is 0.742. The van der Waals surface area contributed by atoms with Crippen LogP contribution in [0.25, 0.3) is 0 Å². The number of hydrogen-bond donors (Lipinski definition) is 1. The quantitative estimate of drug-likeness (QED) is 0.864. The Morgan fingerprint density at radius 3 is 3.25 bits per heavy atom. The Balaban J connectivity index is 2.02. The average molecular weight is 237 g/mol. The van der Waals surface area contributed by atoms with Crippen LogP contribution in [0.2, 0.25) is 0 Å². The van der Waals surface area contributed by atoms with Crippen molar-refractivity contribution in [3.63, 3.8) is 0 Å². The van der Waals surface area contributed by atoms with Gasteiger partial charge in [-0.15, -0.1) is 0 Å². The predicted molar refractivity (Wildman–Crippen MR) is 69.3 cm³/mol. The van der Waals surface area contributed by atoms with E-state index in [1.807, 2.05) is 12.3 Å². The summed E-state index contributed by atoms with van der Waals surface area (Å²) in [7, 11) is 0. The van der Waals surface area contributed by atoms with E-state index >= 15 is 0 Å². The minimum absolute atomic E-state index is 0.536. The van der Waals surface area contributed by atoms with Crippen molar-refractivity contribution in [3.8, 4) is 0 Å². The molecule has 1 aliphatic rings. The largest absolute Gasteiger partial charge is 0.325 e. The summed E-state index contributed by atoms with van der Waals surface area (Å²) in [5.74, 6) is 1.24. The highest BCUT2D eigenvalue weighted by molar-refractivity contribution is 7.99. The highest BCUT2D eigenvalue weighted by Gasteiger charge is 2.17. The lowest BCUT2D eigenvalue weighted by Gasteiger charge is -2.30. The Labute approximate surface area is 101 Å². The molecule has 4 heteroatoms. The number of hydrogen-bond acceptors (Lipinski definition) is 4. The summed E-state index contributed by atoms with van der Waals surface area (Å²) >= 11 is 2.06. The smallest absolute Gasteiger partial charge is 0.0584 e. The van der Waals surface area contributed by atoms with Gasteiger partial charge in [-0.3, -0.25) is 9.88 Å². The van der Waals surface area contributed by atoms with E-state index in [1.165, 1.54) is 24.4 Å². The van der Waals surface area contributed by atoms with Gasteiger partial charge in [0.25, 0.3) is 0 Å². The number of nitrogens with zero attached hydrogens (tertiary/aromatic N) is 2. The maximum atomic E-state index is 5.70. The third-order valence-corrected chi connectivity index (χ3v) is 4.03. The van der Waals surface area contributed by atoms with Gasteiger partial charge in [-0.1, -0.05) is 13.0 Å². The zero-order chi connectivity index (χ0) is 11.4. The molecule has 1 aliphatic heterocycles. The molecule has 0 amide bonds. The SMILES string of the molecule is CC1CN(Cc2cccnc2CN)CCS1. The van der Waals surface area contributed by atoms with Gasteiger partial charge in [0.05, 0.1) is 5.69 Å². The van der Waals surface area contributed by atoms with Gasteiger partial charge in [0.15, 0.2) is 0 Å². The van der Waals surface area contributed by atoms with Gasteiger partial charge in [-0.05, 0) is 11.6 Å². The molecule has 2 N–H and O–H groups in total. The summed E-state index contributed by atoms with van der Waals surface area (Å²) in [5.41, 5.74) is 8.02. The van der Waals surface area contributed by atoms with Gasteiger partial charge >= 0.3 is 0 Å². The third-order valence-electron chi connectivity index (χ3n) is 2.90. The first-order valence-corrected chi connectivity index (χ1v) is 6.81. The van der Waals surface area contributed by atoms with Crippen molar-refractivity contribution < 1.29 is 0 Å². The summed E-state index contributed by atoms with van der Waals surface area (Å²) < 4.78 is 0. The third kappa shape index (κ3) is 2.97. The van der Waals surface area contributed by atoms with E-state index in [1.54, 1.807) is 0 Å². The van der Waals surface area contributed by atoms with Crippen LogP contribution in [-0.4, -0.2) is 34.0 Å². The van der Waals surface area contributed by atoms with Crippen molar-refractivity contribution in [3.05, 3.63) is 29.6 Å². The minimum Gasteiger partial charge on any atom is -0.325 e.